The molecule has 180 valence electrons. The molecular weight excluding hydrogens is 442 g/mol. The van der Waals surface area contributed by atoms with Gasteiger partial charge in [0.15, 0.2) is 11.4 Å². The maximum Gasteiger partial charge on any atom is 0.278 e. The van der Waals surface area contributed by atoms with Gasteiger partial charge in [-0.15, -0.1) is 0 Å². The fourth-order valence-electron chi connectivity index (χ4n) is 5.34. The summed E-state index contributed by atoms with van der Waals surface area (Å²) in [5, 5.41) is 12.8. The second-order valence-electron chi connectivity index (χ2n) is 9.06. The zero-order valence-electron chi connectivity index (χ0n) is 18.6. The standard InChI is InChI=1S/C27H25N3O4.CH4/c31-21-12-16-29-24(25(21)32)26(33)28-18-30(29)23(19-8-2-1-3-9-19)20-10-4-5-11-22(20)34-17-7-15-27(28)13-6-14-27;/h1-5,7-12,15-16,23,32H,6,13-14,17-18H2;1H4/b15-7+;/t23-;/m0./s1. The Morgan fingerprint density at radius 2 is 1.71 bits per heavy atom. The van der Waals surface area contributed by atoms with Crippen LogP contribution < -0.4 is 15.2 Å². The highest BCUT2D eigenvalue weighted by atomic mass is 16.5. The molecule has 6 rings (SSSR count). The van der Waals surface area contributed by atoms with Crippen LogP contribution in [-0.2, 0) is 0 Å². The van der Waals surface area contributed by atoms with Crippen molar-refractivity contribution >= 4 is 5.91 Å². The molecule has 1 amide bonds. The first kappa shape index (κ1) is 22.8. The number of ether oxygens (including phenoxy) is 1. The average molecular weight is 472 g/mol. The predicted molar refractivity (Wildman–Crippen MR) is 134 cm³/mol. The monoisotopic (exact) mass is 471 g/mol. The first-order valence-corrected chi connectivity index (χ1v) is 11.6. The Morgan fingerprint density at radius 1 is 0.971 bits per heavy atom. The molecule has 1 N–H and O–H groups in total. The van der Waals surface area contributed by atoms with Crippen molar-refractivity contribution < 1.29 is 14.6 Å². The molecule has 2 aromatic carbocycles. The number of rotatable bonds is 1. The fraction of sp³-hybridized carbons (Fsp3) is 0.286. The molecule has 3 aliphatic rings. The van der Waals surface area contributed by atoms with Crippen LogP contribution >= 0.6 is 0 Å². The molecule has 3 aromatic rings. The molecule has 3 heterocycles. The van der Waals surface area contributed by atoms with Gasteiger partial charge in [-0.05, 0) is 37.0 Å². The summed E-state index contributed by atoms with van der Waals surface area (Å²) in [6.45, 7) is 0.685. The van der Waals surface area contributed by atoms with Crippen molar-refractivity contribution in [1.29, 1.82) is 0 Å². The van der Waals surface area contributed by atoms with Crippen molar-refractivity contribution in [2.24, 2.45) is 0 Å². The van der Waals surface area contributed by atoms with Gasteiger partial charge < -0.3 is 14.7 Å². The summed E-state index contributed by atoms with van der Waals surface area (Å²) in [5.74, 6) is -0.108. The number of fused-ring (bicyclic) bond motifs is 6. The normalized spacial score (nSPS) is 20.9. The fourth-order valence-corrected chi connectivity index (χ4v) is 5.34. The van der Waals surface area contributed by atoms with Crippen LogP contribution in [-0.4, -0.2) is 39.4 Å². The van der Waals surface area contributed by atoms with Crippen LogP contribution in [0.1, 0.15) is 54.3 Å². The predicted octanol–water partition coefficient (Wildman–Crippen LogP) is 4.20. The molecule has 2 bridgehead atoms. The number of carbonyl (C=O) groups excluding carboxylic acids is 1. The molecule has 2 aliphatic heterocycles. The molecule has 0 saturated heterocycles. The number of carbonyl (C=O) groups is 1. The number of para-hydroxylation sites is 1. The van der Waals surface area contributed by atoms with E-state index >= 15 is 0 Å². The van der Waals surface area contributed by atoms with Gasteiger partial charge in [-0.3, -0.25) is 19.3 Å². The van der Waals surface area contributed by atoms with E-state index in [1.54, 1.807) is 10.9 Å². The van der Waals surface area contributed by atoms with E-state index in [1.807, 2.05) is 70.6 Å². The van der Waals surface area contributed by atoms with Crippen molar-refractivity contribution in [1.82, 2.24) is 9.58 Å². The number of nitrogens with zero attached hydrogens (tertiary/aromatic N) is 3. The van der Waals surface area contributed by atoms with Crippen molar-refractivity contribution in [3.05, 3.63) is 106 Å². The zero-order chi connectivity index (χ0) is 23.3. The van der Waals surface area contributed by atoms with Crippen LogP contribution in [0.15, 0.2) is 83.8 Å². The van der Waals surface area contributed by atoms with Crippen LogP contribution in [0.3, 0.4) is 0 Å². The summed E-state index contributed by atoms with van der Waals surface area (Å²) in [6.07, 6.45) is 8.27. The molecule has 7 heteroatoms. The number of benzene rings is 2. The Bertz CT molecular complexity index is 1340. The molecule has 1 saturated carbocycles. The summed E-state index contributed by atoms with van der Waals surface area (Å²) in [5.41, 5.74) is 0.901. The summed E-state index contributed by atoms with van der Waals surface area (Å²) >= 11 is 0. The third-order valence-corrected chi connectivity index (χ3v) is 7.21. The minimum absolute atomic E-state index is 0. The molecule has 1 atom stereocenters. The van der Waals surface area contributed by atoms with Crippen molar-refractivity contribution in [3.63, 3.8) is 0 Å². The van der Waals surface area contributed by atoms with Crippen LogP contribution in [0, 0.1) is 0 Å². The van der Waals surface area contributed by atoms with E-state index < -0.39 is 16.7 Å². The zero-order valence-corrected chi connectivity index (χ0v) is 18.6. The summed E-state index contributed by atoms with van der Waals surface area (Å²) in [4.78, 5) is 28.0. The maximum atomic E-state index is 13.8. The Balaban J connectivity index is 0.00000253. The number of hydrogen-bond donors (Lipinski definition) is 1. The Kier molecular flexibility index (Phi) is 5.63. The second kappa shape index (κ2) is 8.65. The van der Waals surface area contributed by atoms with E-state index in [0.29, 0.717) is 13.3 Å². The number of pyridine rings is 1. The van der Waals surface area contributed by atoms with Gasteiger partial charge in [0, 0.05) is 17.8 Å². The molecule has 1 fully saturated rings. The van der Waals surface area contributed by atoms with E-state index in [0.717, 1.165) is 36.1 Å². The summed E-state index contributed by atoms with van der Waals surface area (Å²) in [6, 6.07) is 18.9. The topological polar surface area (TPSA) is 75.0 Å². The van der Waals surface area contributed by atoms with Gasteiger partial charge in [0.1, 0.15) is 25.1 Å². The van der Waals surface area contributed by atoms with E-state index in [2.05, 4.69) is 6.08 Å². The molecule has 1 aromatic heterocycles. The van der Waals surface area contributed by atoms with Crippen molar-refractivity contribution in [2.45, 2.75) is 38.3 Å². The maximum absolute atomic E-state index is 13.8. The van der Waals surface area contributed by atoms with Crippen LogP contribution in [0.25, 0.3) is 0 Å². The van der Waals surface area contributed by atoms with Gasteiger partial charge in [0.05, 0.1) is 5.54 Å². The van der Waals surface area contributed by atoms with Crippen LogP contribution in [0.2, 0.25) is 0 Å². The van der Waals surface area contributed by atoms with E-state index in [4.69, 9.17) is 4.74 Å². The molecule has 1 spiro atoms. The quantitative estimate of drug-likeness (QED) is 0.539. The second-order valence-corrected chi connectivity index (χ2v) is 9.06. The van der Waals surface area contributed by atoms with Gasteiger partial charge in [-0.1, -0.05) is 62.0 Å². The Morgan fingerprint density at radius 3 is 2.46 bits per heavy atom. The number of aromatic nitrogens is 1. The Hall–Kier alpha value is -4.00. The van der Waals surface area contributed by atoms with Crippen LogP contribution in [0.4, 0.5) is 0 Å². The van der Waals surface area contributed by atoms with Crippen molar-refractivity contribution in [3.8, 4) is 11.5 Å². The summed E-state index contributed by atoms with van der Waals surface area (Å²) < 4.78 is 7.85. The van der Waals surface area contributed by atoms with Gasteiger partial charge in [-0.2, -0.15) is 0 Å². The minimum Gasteiger partial charge on any atom is -0.502 e. The number of hydrogen-bond acceptors (Lipinski definition) is 5. The number of amides is 1. The minimum atomic E-state index is -0.566. The molecule has 7 nitrogen and oxygen atoms in total. The third-order valence-electron chi connectivity index (χ3n) is 7.21. The lowest BCUT2D eigenvalue weighted by Gasteiger charge is -2.53. The lowest BCUT2D eigenvalue weighted by molar-refractivity contribution is 0.0255. The van der Waals surface area contributed by atoms with Gasteiger partial charge >= 0.3 is 0 Å². The highest BCUT2D eigenvalue weighted by Crippen LogP contribution is 2.44. The highest BCUT2D eigenvalue weighted by Gasteiger charge is 2.48. The van der Waals surface area contributed by atoms with E-state index in [1.165, 1.54) is 6.07 Å². The molecule has 1 aliphatic carbocycles. The van der Waals surface area contributed by atoms with Gasteiger partial charge in [-0.25, -0.2) is 0 Å². The first-order chi connectivity index (χ1) is 16.6. The summed E-state index contributed by atoms with van der Waals surface area (Å²) in [7, 11) is 0. The van der Waals surface area contributed by atoms with Crippen molar-refractivity contribution in [2.75, 3.05) is 18.3 Å². The molecular formula is C28H29N3O4. The van der Waals surface area contributed by atoms with Gasteiger partial charge in [0.25, 0.3) is 5.91 Å². The molecule has 35 heavy (non-hydrogen) atoms. The smallest absolute Gasteiger partial charge is 0.278 e. The average Bonchev–Trinajstić information content (AvgIpc) is 2.85. The number of aromatic hydroxyl groups is 1. The Labute approximate surface area is 204 Å². The highest BCUT2D eigenvalue weighted by molar-refractivity contribution is 5.97. The molecule has 0 unspecified atom stereocenters. The lowest BCUT2D eigenvalue weighted by Crippen LogP contribution is -2.64. The van der Waals surface area contributed by atoms with Crippen LogP contribution in [0.5, 0.6) is 11.5 Å². The first-order valence-electron chi connectivity index (χ1n) is 11.6. The van der Waals surface area contributed by atoms with E-state index in [-0.39, 0.29) is 25.1 Å². The molecule has 0 radical (unpaired) electrons. The van der Waals surface area contributed by atoms with Gasteiger partial charge in [0.2, 0.25) is 5.43 Å². The SMILES string of the molecule is C.O=C1c2c(O)c(=O)ccn2N2CN1C1(/C=C/COc3ccccc3[C@@H]2c2ccccc2)CCC1. The third kappa shape index (κ3) is 3.50. The largest absolute Gasteiger partial charge is 0.502 e. The lowest BCUT2D eigenvalue weighted by atomic mass is 9.74. The van der Waals surface area contributed by atoms with E-state index in [9.17, 15) is 14.7 Å².